The summed E-state index contributed by atoms with van der Waals surface area (Å²) in [6, 6.07) is 7.27. The highest BCUT2D eigenvalue weighted by Gasteiger charge is 2.20. The fourth-order valence-electron chi connectivity index (χ4n) is 2.25. The average molecular weight is 365 g/mol. The van der Waals surface area contributed by atoms with Crippen LogP contribution >= 0.6 is 11.6 Å². The van der Waals surface area contributed by atoms with Gasteiger partial charge in [-0.3, -0.25) is 9.59 Å². The number of amides is 2. The number of anilines is 1. The molecule has 2 amide bonds. The number of aryl methyl sites for hydroxylation is 1. The molecule has 0 saturated heterocycles. The van der Waals surface area contributed by atoms with Gasteiger partial charge in [-0.15, -0.1) is 0 Å². The number of rotatable bonds is 4. The van der Waals surface area contributed by atoms with Crippen molar-refractivity contribution in [3.63, 3.8) is 0 Å². The third-order valence-electron chi connectivity index (χ3n) is 3.61. The molecular formula is C18H18ClFN2O3. The summed E-state index contributed by atoms with van der Waals surface area (Å²) >= 11 is 6.05. The molecule has 7 heteroatoms. The number of methoxy groups -OCH3 is 1. The Bertz CT molecular complexity index is 837. The summed E-state index contributed by atoms with van der Waals surface area (Å²) in [5.41, 5.74) is 0.957. The zero-order valence-electron chi connectivity index (χ0n) is 14.3. The number of carbonyl (C=O) groups is 2. The Kier molecular flexibility index (Phi) is 5.64. The van der Waals surface area contributed by atoms with Crippen LogP contribution in [0.15, 0.2) is 30.3 Å². The summed E-state index contributed by atoms with van der Waals surface area (Å²) in [5.74, 6) is -1.32. The maximum absolute atomic E-state index is 14.0. The van der Waals surface area contributed by atoms with Gasteiger partial charge in [0.1, 0.15) is 11.6 Å². The molecule has 25 heavy (non-hydrogen) atoms. The topological polar surface area (TPSA) is 58.6 Å². The minimum absolute atomic E-state index is 0.0515. The monoisotopic (exact) mass is 364 g/mol. The molecule has 0 fully saturated rings. The van der Waals surface area contributed by atoms with Crippen LogP contribution in [0.5, 0.6) is 5.75 Å². The van der Waals surface area contributed by atoms with Gasteiger partial charge in [0.2, 0.25) is 0 Å². The molecule has 132 valence electrons. The molecule has 0 radical (unpaired) electrons. The predicted molar refractivity (Wildman–Crippen MR) is 95.1 cm³/mol. The summed E-state index contributed by atoms with van der Waals surface area (Å²) in [6.45, 7) is 1.68. The first kappa shape index (κ1) is 18.7. The van der Waals surface area contributed by atoms with Crippen molar-refractivity contribution in [3.05, 3.63) is 57.9 Å². The van der Waals surface area contributed by atoms with Crippen LogP contribution in [0.3, 0.4) is 0 Å². The molecule has 0 atom stereocenters. The van der Waals surface area contributed by atoms with E-state index < -0.39 is 11.7 Å². The van der Waals surface area contributed by atoms with Gasteiger partial charge < -0.3 is 15.0 Å². The molecule has 2 rings (SSSR count). The van der Waals surface area contributed by atoms with Gasteiger partial charge in [0.05, 0.1) is 23.3 Å². The quantitative estimate of drug-likeness (QED) is 0.898. The van der Waals surface area contributed by atoms with Crippen LogP contribution in [0.25, 0.3) is 0 Å². The van der Waals surface area contributed by atoms with E-state index >= 15 is 0 Å². The number of ether oxygens (including phenoxy) is 1. The number of benzene rings is 2. The molecular weight excluding hydrogens is 347 g/mol. The van der Waals surface area contributed by atoms with E-state index in [1.165, 1.54) is 30.2 Å². The van der Waals surface area contributed by atoms with E-state index in [1.807, 2.05) is 0 Å². The number of halogens is 2. The zero-order valence-corrected chi connectivity index (χ0v) is 15.1. The van der Waals surface area contributed by atoms with Gasteiger partial charge in [-0.2, -0.15) is 0 Å². The second-order valence-electron chi connectivity index (χ2n) is 5.62. The minimum Gasteiger partial charge on any atom is -0.496 e. The first-order valence-electron chi connectivity index (χ1n) is 7.42. The van der Waals surface area contributed by atoms with E-state index in [2.05, 4.69) is 5.32 Å². The first-order valence-corrected chi connectivity index (χ1v) is 7.79. The molecule has 2 aromatic carbocycles. The molecule has 1 N–H and O–H groups in total. The fraction of sp³-hybridized carbons (Fsp3) is 0.222. The van der Waals surface area contributed by atoms with Gasteiger partial charge in [-0.1, -0.05) is 17.7 Å². The van der Waals surface area contributed by atoms with Crippen molar-refractivity contribution in [3.8, 4) is 5.75 Å². The number of hydrogen-bond donors (Lipinski definition) is 1. The lowest BCUT2D eigenvalue weighted by molar-refractivity contribution is 0.0824. The standard InChI is InChI=1S/C18H18ClFN2O3/c1-10-5-7-13(20)15(16(10)19)17(23)21-11-6-8-14(25-4)12(9-11)18(24)22(2)3/h5-9H,1-4H3,(H,21,23). The molecule has 5 nitrogen and oxygen atoms in total. The lowest BCUT2D eigenvalue weighted by atomic mass is 10.1. The van der Waals surface area contributed by atoms with Crippen molar-refractivity contribution in [2.75, 3.05) is 26.5 Å². The highest BCUT2D eigenvalue weighted by Crippen LogP contribution is 2.27. The van der Waals surface area contributed by atoms with Crippen LogP contribution in [0, 0.1) is 12.7 Å². The van der Waals surface area contributed by atoms with E-state index in [1.54, 1.807) is 33.2 Å². The summed E-state index contributed by atoms with van der Waals surface area (Å²) < 4.78 is 19.2. The number of hydrogen-bond acceptors (Lipinski definition) is 3. The third kappa shape index (κ3) is 3.91. The molecule has 0 aliphatic heterocycles. The molecule has 2 aromatic rings. The summed E-state index contributed by atoms with van der Waals surface area (Å²) in [5, 5.41) is 2.61. The molecule has 0 bridgehead atoms. The second-order valence-corrected chi connectivity index (χ2v) is 6.00. The lowest BCUT2D eigenvalue weighted by Crippen LogP contribution is -2.22. The van der Waals surface area contributed by atoms with Gasteiger partial charge in [0.15, 0.2) is 0 Å². The molecule has 0 aliphatic carbocycles. The highest BCUT2D eigenvalue weighted by atomic mass is 35.5. The Labute approximate surface area is 150 Å². The van der Waals surface area contributed by atoms with Crippen LogP contribution in [-0.2, 0) is 0 Å². The van der Waals surface area contributed by atoms with Crippen molar-refractivity contribution in [2.45, 2.75) is 6.92 Å². The average Bonchev–Trinajstić information content (AvgIpc) is 2.57. The zero-order chi connectivity index (χ0) is 18.7. The molecule has 0 unspecified atom stereocenters. The van der Waals surface area contributed by atoms with Crippen molar-refractivity contribution in [1.29, 1.82) is 0 Å². The van der Waals surface area contributed by atoms with Crippen molar-refractivity contribution in [1.82, 2.24) is 4.90 Å². The Hall–Kier alpha value is -2.60. The molecule has 0 heterocycles. The third-order valence-corrected chi connectivity index (χ3v) is 4.09. The van der Waals surface area contributed by atoms with Crippen LogP contribution in [0.2, 0.25) is 5.02 Å². The number of nitrogens with one attached hydrogen (secondary N) is 1. The molecule has 0 aliphatic rings. The largest absolute Gasteiger partial charge is 0.496 e. The van der Waals surface area contributed by atoms with Crippen LogP contribution < -0.4 is 10.1 Å². The van der Waals surface area contributed by atoms with Crippen LogP contribution in [-0.4, -0.2) is 37.9 Å². The summed E-state index contributed by atoms with van der Waals surface area (Å²) in [7, 11) is 4.66. The maximum atomic E-state index is 14.0. The molecule has 0 aromatic heterocycles. The van der Waals surface area contributed by atoms with Crippen molar-refractivity contribution in [2.24, 2.45) is 0 Å². The smallest absolute Gasteiger partial charge is 0.260 e. The van der Waals surface area contributed by atoms with Crippen molar-refractivity contribution < 1.29 is 18.7 Å². The second kappa shape index (κ2) is 7.53. The normalized spacial score (nSPS) is 10.3. The van der Waals surface area contributed by atoms with Gasteiger partial charge >= 0.3 is 0 Å². The number of nitrogens with zero attached hydrogens (tertiary/aromatic N) is 1. The van der Waals surface area contributed by atoms with E-state index in [4.69, 9.17) is 16.3 Å². The Morgan fingerprint density at radius 2 is 1.88 bits per heavy atom. The van der Waals surface area contributed by atoms with E-state index in [-0.39, 0.29) is 22.1 Å². The maximum Gasteiger partial charge on any atom is 0.260 e. The van der Waals surface area contributed by atoms with Crippen molar-refractivity contribution >= 4 is 29.1 Å². The first-order chi connectivity index (χ1) is 11.8. The van der Waals surface area contributed by atoms with E-state index in [9.17, 15) is 14.0 Å². The predicted octanol–water partition coefficient (Wildman–Crippen LogP) is 3.75. The van der Waals surface area contributed by atoms with Crippen LogP contribution in [0.1, 0.15) is 26.3 Å². The highest BCUT2D eigenvalue weighted by molar-refractivity contribution is 6.35. The van der Waals surface area contributed by atoms with Crippen LogP contribution in [0.4, 0.5) is 10.1 Å². The Morgan fingerprint density at radius 3 is 2.48 bits per heavy atom. The fourth-order valence-corrected chi connectivity index (χ4v) is 2.49. The van der Waals surface area contributed by atoms with Gasteiger partial charge in [0.25, 0.3) is 11.8 Å². The molecule has 0 saturated carbocycles. The van der Waals surface area contributed by atoms with Gasteiger partial charge in [-0.25, -0.2) is 4.39 Å². The lowest BCUT2D eigenvalue weighted by Gasteiger charge is -2.15. The van der Waals surface area contributed by atoms with E-state index in [0.29, 0.717) is 17.0 Å². The summed E-state index contributed by atoms with van der Waals surface area (Å²) in [6.07, 6.45) is 0. The Morgan fingerprint density at radius 1 is 1.20 bits per heavy atom. The number of carbonyl (C=O) groups excluding carboxylic acids is 2. The SMILES string of the molecule is COc1ccc(NC(=O)c2c(F)ccc(C)c2Cl)cc1C(=O)N(C)C. The Balaban J connectivity index is 2.38. The van der Waals surface area contributed by atoms with Gasteiger partial charge in [0, 0.05) is 19.8 Å². The van der Waals surface area contributed by atoms with E-state index in [0.717, 1.165) is 0 Å². The van der Waals surface area contributed by atoms with Gasteiger partial charge in [-0.05, 0) is 36.8 Å². The minimum atomic E-state index is -0.716. The summed E-state index contributed by atoms with van der Waals surface area (Å²) in [4.78, 5) is 26.0. The molecule has 0 spiro atoms.